The average molecular weight is 172 g/mol. The highest BCUT2D eigenvalue weighted by Gasteiger charge is 1.97. The van der Waals surface area contributed by atoms with Gasteiger partial charge in [-0.1, -0.05) is 0 Å². The van der Waals surface area contributed by atoms with Crippen molar-refractivity contribution in [3.8, 4) is 6.07 Å². The quantitative estimate of drug-likeness (QED) is 0.335. The molecular weight excluding hydrogens is 165 g/mol. The summed E-state index contributed by atoms with van der Waals surface area (Å²) < 4.78 is 0. The smallest absolute Gasteiger partial charge is 0.345 e. The van der Waals surface area contributed by atoms with Crippen molar-refractivity contribution in [2.45, 2.75) is 0 Å². The summed E-state index contributed by atoms with van der Waals surface area (Å²) >= 11 is 0. The molecule has 0 atom stereocenters. The number of aromatic nitrogens is 1. The SMILES string of the molecule is N#C/C(C=N)=C/c1ccc([B]O)[nH]1. The highest BCUT2D eigenvalue weighted by atomic mass is 16.2. The minimum absolute atomic E-state index is 0.256. The molecule has 0 saturated carbocycles. The van der Waals surface area contributed by atoms with Crippen molar-refractivity contribution in [2.24, 2.45) is 0 Å². The molecule has 63 valence electrons. The summed E-state index contributed by atoms with van der Waals surface area (Å²) in [5.41, 5.74) is 1.50. The van der Waals surface area contributed by atoms with Gasteiger partial charge in [0.25, 0.3) is 0 Å². The Morgan fingerprint density at radius 3 is 2.92 bits per heavy atom. The molecule has 0 saturated heterocycles. The molecule has 4 nitrogen and oxygen atoms in total. The molecule has 0 unspecified atom stereocenters. The lowest BCUT2D eigenvalue weighted by molar-refractivity contribution is 0.614. The Labute approximate surface area is 76.3 Å². The molecule has 1 aromatic heterocycles. The molecule has 0 spiro atoms. The van der Waals surface area contributed by atoms with Gasteiger partial charge >= 0.3 is 7.48 Å². The Hall–Kier alpha value is -1.80. The lowest BCUT2D eigenvalue weighted by atomic mass is 9.97. The zero-order chi connectivity index (χ0) is 9.68. The van der Waals surface area contributed by atoms with E-state index in [1.54, 1.807) is 12.1 Å². The second-order valence-electron chi connectivity index (χ2n) is 2.35. The molecule has 1 radical (unpaired) electrons. The standard InChI is InChI=1S/C8H7BN3O/c10-4-6(5-11)3-7-1-2-8(9-13)12-7/h1-4,10,12-13H/b6-3+,10-4?. The van der Waals surface area contributed by atoms with Crippen LogP contribution in [-0.2, 0) is 0 Å². The molecule has 3 N–H and O–H groups in total. The van der Waals surface area contributed by atoms with Crippen LogP contribution in [0.15, 0.2) is 17.7 Å². The van der Waals surface area contributed by atoms with Crippen molar-refractivity contribution >= 4 is 25.4 Å². The molecule has 0 aliphatic heterocycles. The van der Waals surface area contributed by atoms with Crippen LogP contribution in [0.3, 0.4) is 0 Å². The van der Waals surface area contributed by atoms with Crippen molar-refractivity contribution in [3.05, 3.63) is 23.4 Å². The fourth-order valence-electron chi connectivity index (χ4n) is 0.863. The predicted molar refractivity (Wildman–Crippen MR) is 50.8 cm³/mol. The second-order valence-corrected chi connectivity index (χ2v) is 2.35. The van der Waals surface area contributed by atoms with Crippen LogP contribution < -0.4 is 5.59 Å². The first kappa shape index (κ1) is 9.29. The molecule has 0 aliphatic carbocycles. The van der Waals surface area contributed by atoms with Crippen LogP contribution >= 0.6 is 0 Å². The minimum Gasteiger partial charge on any atom is -0.449 e. The minimum atomic E-state index is 0.256. The average Bonchev–Trinajstić information content (AvgIpc) is 2.61. The van der Waals surface area contributed by atoms with E-state index in [0.29, 0.717) is 11.3 Å². The van der Waals surface area contributed by atoms with Gasteiger partial charge in [-0.25, -0.2) is 0 Å². The number of nitrogens with zero attached hydrogens (tertiary/aromatic N) is 1. The largest absolute Gasteiger partial charge is 0.449 e. The van der Waals surface area contributed by atoms with Gasteiger partial charge < -0.3 is 15.4 Å². The van der Waals surface area contributed by atoms with Crippen LogP contribution in [0.4, 0.5) is 0 Å². The summed E-state index contributed by atoms with van der Waals surface area (Å²) in [5, 5.41) is 24.0. The number of allylic oxidation sites excluding steroid dienone is 1. The monoisotopic (exact) mass is 172 g/mol. The van der Waals surface area contributed by atoms with Crippen LogP contribution in [0.5, 0.6) is 0 Å². The van der Waals surface area contributed by atoms with Gasteiger partial charge in [-0.3, -0.25) is 0 Å². The lowest BCUT2D eigenvalue weighted by Gasteiger charge is -1.87. The molecule has 1 rings (SSSR count). The van der Waals surface area contributed by atoms with E-state index in [9.17, 15) is 0 Å². The number of nitrogens with one attached hydrogen (secondary N) is 2. The van der Waals surface area contributed by atoms with E-state index in [-0.39, 0.29) is 5.57 Å². The molecular formula is C8H7BN3O. The molecule has 0 aliphatic rings. The van der Waals surface area contributed by atoms with E-state index in [2.05, 4.69) is 4.98 Å². The fraction of sp³-hybridized carbons (Fsp3) is 0. The summed E-state index contributed by atoms with van der Waals surface area (Å²) in [6.07, 6.45) is 2.50. The van der Waals surface area contributed by atoms with Gasteiger partial charge in [-0.05, 0) is 18.2 Å². The molecule has 13 heavy (non-hydrogen) atoms. The van der Waals surface area contributed by atoms with Gasteiger partial charge in [0.05, 0.1) is 5.57 Å². The van der Waals surface area contributed by atoms with Gasteiger partial charge in [-0.2, -0.15) is 5.26 Å². The number of rotatable bonds is 3. The van der Waals surface area contributed by atoms with E-state index in [0.717, 1.165) is 13.7 Å². The van der Waals surface area contributed by atoms with Crippen molar-refractivity contribution < 1.29 is 5.02 Å². The van der Waals surface area contributed by atoms with Gasteiger partial charge in [0.2, 0.25) is 0 Å². The highest BCUT2D eigenvalue weighted by molar-refractivity contribution is 6.44. The predicted octanol–water partition coefficient (Wildman–Crippen LogP) is -0.192. The van der Waals surface area contributed by atoms with Crippen LogP contribution in [-0.4, -0.2) is 23.7 Å². The fourth-order valence-corrected chi connectivity index (χ4v) is 0.863. The third-order valence-corrected chi connectivity index (χ3v) is 1.47. The summed E-state index contributed by atoms with van der Waals surface area (Å²) in [6.45, 7) is 0. The van der Waals surface area contributed by atoms with Crippen molar-refractivity contribution in [2.75, 3.05) is 0 Å². The van der Waals surface area contributed by atoms with Crippen molar-refractivity contribution in [1.29, 1.82) is 10.7 Å². The number of H-pyrrole nitrogens is 1. The summed E-state index contributed by atoms with van der Waals surface area (Å²) in [7, 11) is 0.938. The van der Waals surface area contributed by atoms with Crippen LogP contribution in [0, 0.1) is 16.7 Å². The number of hydrogen-bond donors (Lipinski definition) is 3. The van der Waals surface area contributed by atoms with E-state index in [1.165, 1.54) is 6.08 Å². The second kappa shape index (κ2) is 4.29. The zero-order valence-corrected chi connectivity index (χ0v) is 6.78. The molecule has 0 amide bonds. The Balaban J connectivity index is 2.91. The molecule has 0 fully saturated rings. The van der Waals surface area contributed by atoms with Gasteiger partial charge in [0, 0.05) is 17.5 Å². The molecule has 0 bridgehead atoms. The van der Waals surface area contributed by atoms with E-state index in [4.69, 9.17) is 15.7 Å². The van der Waals surface area contributed by atoms with Gasteiger partial charge in [-0.15, -0.1) is 0 Å². The highest BCUT2D eigenvalue weighted by Crippen LogP contribution is 1.99. The Bertz CT molecular complexity index is 375. The third kappa shape index (κ3) is 2.32. The maximum Gasteiger partial charge on any atom is 0.345 e. The Morgan fingerprint density at radius 2 is 2.46 bits per heavy atom. The first-order valence-corrected chi connectivity index (χ1v) is 3.59. The molecule has 0 aromatic carbocycles. The number of hydrogen-bond acceptors (Lipinski definition) is 3. The van der Waals surface area contributed by atoms with Crippen LogP contribution in [0.25, 0.3) is 6.08 Å². The van der Waals surface area contributed by atoms with E-state index in [1.807, 2.05) is 6.07 Å². The van der Waals surface area contributed by atoms with Crippen LogP contribution in [0.2, 0.25) is 0 Å². The van der Waals surface area contributed by atoms with Gasteiger partial charge in [0.1, 0.15) is 6.07 Å². The first-order chi connectivity index (χ1) is 6.30. The summed E-state index contributed by atoms with van der Waals surface area (Å²) in [4.78, 5) is 2.83. The number of aromatic amines is 1. The van der Waals surface area contributed by atoms with Crippen LogP contribution in [0.1, 0.15) is 5.69 Å². The molecule has 1 aromatic rings. The van der Waals surface area contributed by atoms with E-state index >= 15 is 0 Å². The molecule has 1 heterocycles. The summed E-state index contributed by atoms with van der Waals surface area (Å²) in [5.74, 6) is 0. The molecule has 5 heteroatoms. The normalized spacial score (nSPS) is 10.6. The summed E-state index contributed by atoms with van der Waals surface area (Å²) in [6, 6.07) is 5.24. The maximum atomic E-state index is 8.61. The van der Waals surface area contributed by atoms with E-state index < -0.39 is 0 Å². The first-order valence-electron chi connectivity index (χ1n) is 3.59. The number of nitriles is 1. The third-order valence-electron chi connectivity index (χ3n) is 1.47. The Kier molecular flexibility index (Phi) is 3.06. The lowest BCUT2D eigenvalue weighted by Crippen LogP contribution is -2.13. The van der Waals surface area contributed by atoms with Gasteiger partial charge in [0.15, 0.2) is 0 Å². The topological polar surface area (TPSA) is 83.7 Å². The Morgan fingerprint density at radius 1 is 1.69 bits per heavy atom. The van der Waals surface area contributed by atoms with Crippen molar-refractivity contribution in [1.82, 2.24) is 4.98 Å². The zero-order valence-electron chi connectivity index (χ0n) is 6.78. The maximum absolute atomic E-state index is 8.61. The van der Waals surface area contributed by atoms with Crippen molar-refractivity contribution in [3.63, 3.8) is 0 Å².